The predicted molar refractivity (Wildman–Crippen MR) is 61.4 cm³/mol. The van der Waals surface area contributed by atoms with Crippen molar-refractivity contribution in [3.63, 3.8) is 0 Å². The lowest BCUT2D eigenvalue weighted by Gasteiger charge is -2.04. The van der Waals surface area contributed by atoms with Crippen molar-refractivity contribution < 1.29 is 9.94 Å². The Kier molecular flexibility index (Phi) is 4.16. The summed E-state index contributed by atoms with van der Waals surface area (Å²) in [5.41, 5.74) is 2.65. The molecule has 0 spiro atoms. The Labute approximate surface area is 90.4 Å². The first-order chi connectivity index (χ1) is 7.15. The second-order valence-corrected chi connectivity index (χ2v) is 3.57. The van der Waals surface area contributed by atoms with Gasteiger partial charge >= 0.3 is 0 Å². The molecule has 0 saturated heterocycles. The lowest BCUT2D eigenvalue weighted by molar-refractivity contribution is 0.146. The van der Waals surface area contributed by atoms with Gasteiger partial charge in [-0.3, -0.25) is 0 Å². The van der Waals surface area contributed by atoms with Crippen LogP contribution in [0.4, 0.5) is 0 Å². The number of benzene rings is 1. The predicted octanol–water partition coefficient (Wildman–Crippen LogP) is 2.77. The number of nitrogens with zero attached hydrogens (tertiary/aromatic N) is 1. The number of phenolic OH excluding ortho intramolecular Hbond substituents is 1. The molecule has 1 N–H and O–H groups in total. The normalized spacial score (nSPS) is 10.9. The molecular formula is C12H17NO2. The number of phenols is 1. The van der Waals surface area contributed by atoms with E-state index in [1.54, 1.807) is 6.21 Å². The number of aryl methyl sites for hydroxylation is 2. The Morgan fingerprint density at radius 2 is 1.93 bits per heavy atom. The van der Waals surface area contributed by atoms with Crippen LogP contribution in [0.25, 0.3) is 0 Å². The van der Waals surface area contributed by atoms with Gasteiger partial charge in [-0.25, -0.2) is 0 Å². The average Bonchev–Trinajstić information content (AvgIpc) is 2.21. The van der Waals surface area contributed by atoms with Gasteiger partial charge in [0.2, 0.25) is 0 Å². The fourth-order valence-corrected chi connectivity index (χ4v) is 1.31. The first-order valence-electron chi connectivity index (χ1n) is 5.10. The molecule has 0 unspecified atom stereocenters. The van der Waals surface area contributed by atoms with Gasteiger partial charge in [-0.1, -0.05) is 12.1 Å². The molecule has 0 atom stereocenters. The van der Waals surface area contributed by atoms with E-state index in [0.717, 1.165) is 23.1 Å². The zero-order valence-electron chi connectivity index (χ0n) is 9.45. The zero-order valence-corrected chi connectivity index (χ0v) is 9.45. The molecule has 1 aromatic rings. The van der Waals surface area contributed by atoms with E-state index in [9.17, 15) is 5.11 Å². The van der Waals surface area contributed by atoms with E-state index in [1.165, 1.54) is 0 Å². The van der Waals surface area contributed by atoms with Gasteiger partial charge in [-0.2, -0.15) is 0 Å². The standard InChI is InChI=1S/C12H17NO2/c1-4-5-15-13-8-11-6-9(2)12(14)10(3)7-11/h6-8,14H,4-5H2,1-3H3/b13-8-. The Morgan fingerprint density at radius 1 is 1.33 bits per heavy atom. The molecule has 15 heavy (non-hydrogen) atoms. The van der Waals surface area contributed by atoms with Gasteiger partial charge in [0.25, 0.3) is 0 Å². The van der Waals surface area contributed by atoms with Crippen LogP contribution in [0.5, 0.6) is 5.75 Å². The summed E-state index contributed by atoms with van der Waals surface area (Å²) in [5.74, 6) is 0.349. The SMILES string of the molecule is CCCO/N=C\c1cc(C)c(O)c(C)c1. The number of hydrogen-bond donors (Lipinski definition) is 1. The molecule has 0 aliphatic carbocycles. The highest BCUT2D eigenvalue weighted by molar-refractivity contribution is 5.80. The fourth-order valence-electron chi connectivity index (χ4n) is 1.31. The third kappa shape index (κ3) is 3.27. The van der Waals surface area contributed by atoms with Crippen molar-refractivity contribution in [3.8, 4) is 5.75 Å². The Bertz CT molecular complexity index is 336. The van der Waals surface area contributed by atoms with E-state index in [4.69, 9.17) is 4.84 Å². The molecule has 82 valence electrons. The number of aromatic hydroxyl groups is 1. The Hall–Kier alpha value is -1.51. The number of hydrogen-bond acceptors (Lipinski definition) is 3. The zero-order chi connectivity index (χ0) is 11.3. The molecule has 0 aliphatic rings. The third-order valence-corrected chi connectivity index (χ3v) is 2.09. The summed E-state index contributed by atoms with van der Waals surface area (Å²) < 4.78 is 0. The van der Waals surface area contributed by atoms with Crippen molar-refractivity contribution in [2.75, 3.05) is 6.61 Å². The number of rotatable bonds is 4. The number of oxime groups is 1. The van der Waals surface area contributed by atoms with E-state index in [-0.39, 0.29) is 0 Å². The van der Waals surface area contributed by atoms with Crippen molar-refractivity contribution in [2.45, 2.75) is 27.2 Å². The average molecular weight is 207 g/mol. The maximum Gasteiger partial charge on any atom is 0.121 e. The van der Waals surface area contributed by atoms with Crippen molar-refractivity contribution in [1.29, 1.82) is 0 Å². The lowest BCUT2D eigenvalue weighted by atomic mass is 10.1. The van der Waals surface area contributed by atoms with E-state index >= 15 is 0 Å². The van der Waals surface area contributed by atoms with Crippen LogP contribution >= 0.6 is 0 Å². The Balaban J connectivity index is 2.74. The van der Waals surface area contributed by atoms with Crippen LogP contribution in [0.15, 0.2) is 17.3 Å². The summed E-state index contributed by atoms with van der Waals surface area (Å²) in [6.07, 6.45) is 2.61. The maximum atomic E-state index is 9.56. The highest BCUT2D eigenvalue weighted by Crippen LogP contribution is 2.21. The summed E-state index contributed by atoms with van der Waals surface area (Å²) in [5, 5.41) is 13.4. The van der Waals surface area contributed by atoms with Crippen LogP contribution in [-0.4, -0.2) is 17.9 Å². The molecule has 0 aromatic heterocycles. The van der Waals surface area contributed by atoms with Gasteiger partial charge in [0.05, 0.1) is 6.21 Å². The minimum absolute atomic E-state index is 0.349. The topological polar surface area (TPSA) is 41.8 Å². The summed E-state index contributed by atoms with van der Waals surface area (Å²) in [4.78, 5) is 5.00. The minimum Gasteiger partial charge on any atom is -0.507 e. The molecule has 3 heteroatoms. The van der Waals surface area contributed by atoms with Crippen molar-refractivity contribution >= 4 is 6.21 Å². The molecule has 0 amide bonds. The van der Waals surface area contributed by atoms with Gasteiger partial charge in [0, 0.05) is 0 Å². The van der Waals surface area contributed by atoms with Gasteiger partial charge < -0.3 is 9.94 Å². The summed E-state index contributed by atoms with van der Waals surface area (Å²) in [7, 11) is 0. The smallest absolute Gasteiger partial charge is 0.121 e. The van der Waals surface area contributed by atoms with Crippen LogP contribution in [0.2, 0.25) is 0 Å². The molecule has 1 rings (SSSR count). The van der Waals surface area contributed by atoms with Crippen LogP contribution in [0, 0.1) is 13.8 Å². The molecular weight excluding hydrogens is 190 g/mol. The third-order valence-electron chi connectivity index (χ3n) is 2.09. The van der Waals surface area contributed by atoms with E-state index in [0.29, 0.717) is 12.4 Å². The van der Waals surface area contributed by atoms with Gasteiger partial charge in [0.1, 0.15) is 12.4 Å². The van der Waals surface area contributed by atoms with Gasteiger partial charge in [0.15, 0.2) is 0 Å². The van der Waals surface area contributed by atoms with Crippen LogP contribution in [-0.2, 0) is 4.84 Å². The first-order valence-corrected chi connectivity index (χ1v) is 5.10. The van der Waals surface area contributed by atoms with E-state index in [1.807, 2.05) is 32.9 Å². The highest BCUT2D eigenvalue weighted by atomic mass is 16.6. The molecule has 1 aromatic carbocycles. The van der Waals surface area contributed by atoms with E-state index in [2.05, 4.69) is 5.16 Å². The summed E-state index contributed by atoms with van der Waals surface area (Å²) >= 11 is 0. The Morgan fingerprint density at radius 3 is 2.47 bits per heavy atom. The minimum atomic E-state index is 0.349. The van der Waals surface area contributed by atoms with Crippen molar-refractivity contribution in [2.24, 2.45) is 5.16 Å². The monoisotopic (exact) mass is 207 g/mol. The maximum absolute atomic E-state index is 9.56. The van der Waals surface area contributed by atoms with Crippen LogP contribution in [0.1, 0.15) is 30.0 Å². The molecule has 0 saturated carbocycles. The first kappa shape index (κ1) is 11.6. The molecule has 0 aliphatic heterocycles. The fraction of sp³-hybridized carbons (Fsp3) is 0.417. The van der Waals surface area contributed by atoms with Crippen LogP contribution < -0.4 is 0 Å². The molecule has 0 radical (unpaired) electrons. The molecule has 3 nitrogen and oxygen atoms in total. The highest BCUT2D eigenvalue weighted by Gasteiger charge is 2.01. The van der Waals surface area contributed by atoms with Crippen molar-refractivity contribution in [1.82, 2.24) is 0 Å². The van der Waals surface area contributed by atoms with Crippen LogP contribution in [0.3, 0.4) is 0 Å². The van der Waals surface area contributed by atoms with E-state index < -0.39 is 0 Å². The molecule has 0 heterocycles. The van der Waals surface area contributed by atoms with Crippen molar-refractivity contribution in [3.05, 3.63) is 28.8 Å². The summed E-state index contributed by atoms with van der Waals surface area (Å²) in [6.45, 7) is 6.40. The molecule has 0 bridgehead atoms. The lowest BCUT2D eigenvalue weighted by Crippen LogP contribution is -1.89. The quantitative estimate of drug-likeness (QED) is 0.468. The largest absolute Gasteiger partial charge is 0.507 e. The summed E-state index contributed by atoms with van der Waals surface area (Å²) in [6, 6.07) is 3.75. The second-order valence-electron chi connectivity index (χ2n) is 3.57. The van der Waals surface area contributed by atoms with Gasteiger partial charge in [-0.05, 0) is 49.1 Å². The second kappa shape index (κ2) is 5.39. The molecule has 0 fully saturated rings. The van der Waals surface area contributed by atoms with Gasteiger partial charge in [-0.15, -0.1) is 0 Å².